The lowest BCUT2D eigenvalue weighted by Gasteiger charge is -2.08. The molecule has 80 valence electrons. The Labute approximate surface area is 86.7 Å². The van der Waals surface area contributed by atoms with Gasteiger partial charge in [0.2, 0.25) is 0 Å². The van der Waals surface area contributed by atoms with Crippen molar-refractivity contribution in [2.24, 2.45) is 0 Å². The van der Waals surface area contributed by atoms with Crippen LogP contribution in [0.25, 0.3) is 0 Å². The molecule has 0 atom stereocenters. The first-order chi connectivity index (χ1) is 7.15. The van der Waals surface area contributed by atoms with E-state index in [1.807, 2.05) is 0 Å². The first kappa shape index (κ1) is 11.0. The van der Waals surface area contributed by atoms with E-state index in [-0.39, 0.29) is 6.54 Å². The molecule has 0 radical (unpaired) electrons. The number of carboxylic acids is 1. The van der Waals surface area contributed by atoms with Crippen molar-refractivity contribution >= 4 is 17.6 Å². The van der Waals surface area contributed by atoms with Gasteiger partial charge in [-0.3, -0.25) is 4.79 Å². The minimum absolute atomic E-state index is 0.242. The van der Waals surface area contributed by atoms with Crippen LogP contribution in [-0.2, 0) is 9.53 Å². The highest BCUT2D eigenvalue weighted by atomic mass is 16.5. The lowest BCUT2D eigenvalue weighted by Crippen LogP contribution is -2.15. The zero-order valence-electron chi connectivity index (χ0n) is 8.19. The van der Waals surface area contributed by atoms with Gasteiger partial charge >= 0.3 is 11.9 Å². The summed E-state index contributed by atoms with van der Waals surface area (Å²) in [6, 6.07) is 6.57. The number of carboxylic acid groups (broad SMARTS) is 1. The fraction of sp³-hybridized carbons (Fsp3) is 0.200. The normalized spacial score (nSPS) is 9.40. The number of methoxy groups -OCH3 is 1. The first-order valence-electron chi connectivity index (χ1n) is 4.28. The highest BCUT2D eigenvalue weighted by Crippen LogP contribution is 2.15. The van der Waals surface area contributed by atoms with E-state index < -0.39 is 11.9 Å². The number of carbonyl (C=O) groups is 2. The van der Waals surface area contributed by atoms with Gasteiger partial charge in [0, 0.05) is 5.69 Å². The average molecular weight is 209 g/mol. The van der Waals surface area contributed by atoms with Crippen LogP contribution in [0.5, 0.6) is 0 Å². The number of esters is 1. The summed E-state index contributed by atoms with van der Waals surface area (Å²) in [7, 11) is 1.27. The molecule has 0 saturated heterocycles. The molecular weight excluding hydrogens is 198 g/mol. The number of aliphatic carboxylic acids is 1. The molecule has 0 amide bonds. The number of benzene rings is 1. The fourth-order valence-corrected chi connectivity index (χ4v) is 1.10. The molecule has 0 spiro atoms. The molecule has 0 heterocycles. The van der Waals surface area contributed by atoms with Gasteiger partial charge in [-0.1, -0.05) is 12.1 Å². The second kappa shape index (κ2) is 4.99. The number of hydrogen-bond donors (Lipinski definition) is 2. The van der Waals surface area contributed by atoms with Crippen LogP contribution in [0.1, 0.15) is 10.4 Å². The number of ether oxygens (including phenoxy) is 1. The third-order valence-electron chi connectivity index (χ3n) is 1.76. The van der Waals surface area contributed by atoms with Crippen LogP contribution in [0, 0.1) is 0 Å². The highest BCUT2D eigenvalue weighted by Gasteiger charge is 2.10. The summed E-state index contributed by atoms with van der Waals surface area (Å²) >= 11 is 0. The first-order valence-corrected chi connectivity index (χ1v) is 4.28. The van der Waals surface area contributed by atoms with Gasteiger partial charge in [-0.05, 0) is 12.1 Å². The largest absolute Gasteiger partial charge is 0.480 e. The Balaban J connectivity index is 2.86. The van der Waals surface area contributed by atoms with E-state index in [2.05, 4.69) is 10.1 Å². The van der Waals surface area contributed by atoms with Gasteiger partial charge in [-0.25, -0.2) is 4.79 Å². The Morgan fingerprint density at radius 3 is 2.67 bits per heavy atom. The number of nitrogens with one attached hydrogen (secondary N) is 1. The molecule has 5 heteroatoms. The minimum atomic E-state index is -0.991. The Bertz CT molecular complexity index is 375. The van der Waals surface area contributed by atoms with Crippen molar-refractivity contribution in [1.29, 1.82) is 0 Å². The molecule has 1 aromatic rings. The van der Waals surface area contributed by atoms with Crippen LogP contribution >= 0.6 is 0 Å². The number of hydrogen-bond acceptors (Lipinski definition) is 4. The summed E-state index contributed by atoms with van der Waals surface area (Å²) in [5.41, 5.74) is 0.771. The van der Waals surface area contributed by atoms with E-state index in [9.17, 15) is 9.59 Å². The monoisotopic (exact) mass is 209 g/mol. The quantitative estimate of drug-likeness (QED) is 0.722. The van der Waals surface area contributed by atoms with Crippen molar-refractivity contribution in [3.8, 4) is 0 Å². The zero-order chi connectivity index (χ0) is 11.3. The topological polar surface area (TPSA) is 75.6 Å². The molecule has 5 nitrogen and oxygen atoms in total. The standard InChI is InChI=1S/C10H11NO4/c1-15-10(14)7-4-2-3-5-8(7)11-6-9(12)13/h2-5,11H,6H2,1H3,(H,12,13). The van der Waals surface area contributed by atoms with Gasteiger partial charge < -0.3 is 15.2 Å². The molecule has 0 aromatic heterocycles. The molecule has 0 unspecified atom stereocenters. The molecule has 1 aromatic carbocycles. The third kappa shape index (κ3) is 2.98. The second-order valence-corrected chi connectivity index (χ2v) is 2.78. The van der Waals surface area contributed by atoms with Crippen LogP contribution in [0.4, 0.5) is 5.69 Å². The second-order valence-electron chi connectivity index (χ2n) is 2.78. The maximum Gasteiger partial charge on any atom is 0.339 e. The molecule has 0 aliphatic carbocycles. The molecule has 0 aliphatic rings. The van der Waals surface area contributed by atoms with Crippen LogP contribution in [0.15, 0.2) is 24.3 Å². The van der Waals surface area contributed by atoms with Crippen molar-refractivity contribution in [2.45, 2.75) is 0 Å². The summed E-state index contributed by atoms with van der Waals surface area (Å²) in [6.45, 7) is -0.242. The third-order valence-corrected chi connectivity index (χ3v) is 1.76. The van der Waals surface area contributed by atoms with E-state index in [4.69, 9.17) is 5.11 Å². The summed E-state index contributed by atoms with van der Waals surface area (Å²) in [6.07, 6.45) is 0. The van der Waals surface area contributed by atoms with Crippen LogP contribution in [-0.4, -0.2) is 30.7 Å². The van der Waals surface area contributed by atoms with Gasteiger partial charge in [0.25, 0.3) is 0 Å². The van der Waals surface area contributed by atoms with Crippen molar-refractivity contribution in [1.82, 2.24) is 0 Å². The lowest BCUT2D eigenvalue weighted by molar-refractivity contribution is -0.134. The number of carbonyl (C=O) groups excluding carboxylic acids is 1. The molecule has 2 N–H and O–H groups in total. The van der Waals surface area contributed by atoms with Gasteiger partial charge in [-0.15, -0.1) is 0 Å². The van der Waals surface area contributed by atoms with Gasteiger partial charge in [-0.2, -0.15) is 0 Å². The Morgan fingerprint density at radius 2 is 2.07 bits per heavy atom. The predicted molar refractivity (Wildman–Crippen MR) is 53.9 cm³/mol. The van der Waals surface area contributed by atoms with Crippen molar-refractivity contribution in [3.05, 3.63) is 29.8 Å². The smallest absolute Gasteiger partial charge is 0.339 e. The Morgan fingerprint density at radius 1 is 1.40 bits per heavy atom. The average Bonchev–Trinajstić information content (AvgIpc) is 2.25. The molecular formula is C10H11NO4. The van der Waals surface area contributed by atoms with Crippen LogP contribution < -0.4 is 5.32 Å². The van der Waals surface area contributed by atoms with Gasteiger partial charge in [0.05, 0.1) is 12.7 Å². The molecule has 15 heavy (non-hydrogen) atoms. The summed E-state index contributed by atoms with van der Waals surface area (Å²) in [5.74, 6) is -1.49. The zero-order valence-corrected chi connectivity index (χ0v) is 8.19. The van der Waals surface area contributed by atoms with Crippen LogP contribution in [0.3, 0.4) is 0 Å². The van der Waals surface area contributed by atoms with E-state index >= 15 is 0 Å². The van der Waals surface area contributed by atoms with E-state index in [0.29, 0.717) is 11.3 Å². The summed E-state index contributed by atoms with van der Waals surface area (Å²) in [4.78, 5) is 21.6. The minimum Gasteiger partial charge on any atom is -0.480 e. The molecule has 0 bridgehead atoms. The molecule has 0 aliphatic heterocycles. The van der Waals surface area contributed by atoms with Gasteiger partial charge in [0.1, 0.15) is 6.54 Å². The van der Waals surface area contributed by atoms with Crippen molar-refractivity contribution in [3.63, 3.8) is 0 Å². The van der Waals surface area contributed by atoms with E-state index in [1.165, 1.54) is 7.11 Å². The van der Waals surface area contributed by atoms with Crippen molar-refractivity contribution in [2.75, 3.05) is 19.0 Å². The lowest BCUT2D eigenvalue weighted by atomic mass is 10.2. The fourth-order valence-electron chi connectivity index (χ4n) is 1.10. The summed E-state index contributed by atoms with van der Waals surface area (Å²) in [5, 5.41) is 11.1. The summed E-state index contributed by atoms with van der Waals surface area (Å²) < 4.78 is 4.56. The maximum absolute atomic E-state index is 11.3. The number of para-hydroxylation sites is 1. The maximum atomic E-state index is 11.3. The molecule has 0 fully saturated rings. The van der Waals surface area contributed by atoms with Crippen LogP contribution in [0.2, 0.25) is 0 Å². The predicted octanol–water partition coefficient (Wildman–Crippen LogP) is 0.970. The van der Waals surface area contributed by atoms with Gasteiger partial charge in [0.15, 0.2) is 0 Å². The van der Waals surface area contributed by atoms with E-state index in [0.717, 1.165) is 0 Å². The number of anilines is 1. The highest BCUT2D eigenvalue weighted by molar-refractivity contribution is 5.96. The molecule has 1 rings (SSSR count). The Kier molecular flexibility index (Phi) is 3.68. The number of rotatable bonds is 4. The SMILES string of the molecule is COC(=O)c1ccccc1NCC(=O)O. The Hall–Kier alpha value is -2.04. The van der Waals surface area contributed by atoms with Crippen molar-refractivity contribution < 1.29 is 19.4 Å². The molecule has 0 saturated carbocycles. The van der Waals surface area contributed by atoms with E-state index in [1.54, 1.807) is 24.3 Å².